The van der Waals surface area contributed by atoms with Crippen molar-refractivity contribution < 1.29 is 0 Å². The standard InChI is InChI=1S/C10H13N3S2/c1-7-4-15-10(13-7)3-8(11-2)9-5-14-6-12-9/h4-6,8,11H,3H2,1-2H3. The Morgan fingerprint density at radius 1 is 1.47 bits per heavy atom. The summed E-state index contributed by atoms with van der Waals surface area (Å²) in [6.45, 7) is 2.03. The molecule has 0 aromatic carbocycles. The van der Waals surface area contributed by atoms with Crippen LogP contribution in [-0.2, 0) is 6.42 Å². The van der Waals surface area contributed by atoms with E-state index in [2.05, 4.69) is 26.0 Å². The first kappa shape index (κ1) is 10.7. The zero-order chi connectivity index (χ0) is 10.7. The largest absolute Gasteiger partial charge is 0.311 e. The fourth-order valence-corrected chi connectivity index (χ4v) is 2.85. The van der Waals surface area contributed by atoms with Gasteiger partial charge >= 0.3 is 0 Å². The number of hydrogen-bond donors (Lipinski definition) is 1. The second-order valence-corrected chi connectivity index (χ2v) is 5.00. The molecule has 1 atom stereocenters. The second-order valence-electron chi connectivity index (χ2n) is 3.34. The molecule has 0 radical (unpaired) electrons. The maximum absolute atomic E-state index is 4.46. The Labute approximate surface area is 97.2 Å². The van der Waals surface area contributed by atoms with Crippen LogP contribution in [0.1, 0.15) is 22.4 Å². The van der Waals surface area contributed by atoms with Gasteiger partial charge in [-0.25, -0.2) is 9.97 Å². The minimum absolute atomic E-state index is 0.279. The van der Waals surface area contributed by atoms with E-state index >= 15 is 0 Å². The average molecular weight is 239 g/mol. The molecule has 0 aliphatic heterocycles. The van der Waals surface area contributed by atoms with E-state index < -0.39 is 0 Å². The summed E-state index contributed by atoms with van der Waals surface area (Å²) in [6.07, 6.45) is 0.915. The fourth-order valence-electron chi connectivity index (χ4n) is 1.42. The molecule has 0 saturated heterocycles. The van der Waals surface area contributed by atoms with Crippen LogP contribution in [0.25, 0.3) is 0 Å². The molecule has 80 valence electrons. The normalized spacial score (nSPS) is 12.9. The van der Waals surface area contributed by atoms with Gasteiger partial charge in [-0.15, -0.1) is 22.7 Å². The highest BCUT2D eigenvalue weighted by Crippen LogP contribution is 2.20. The highest BCUT2D eigenvalue weighted by molar-refractivity contribution is 7.09. The van der Waals surface area contributed by atoms with E-state index in [1.165, 1.54) is 5.01 Å². The number of hydrogen-bond acceptors (Lipinski definition) is 5. The van der Waals surface area contributed by atoms with Gasteiger partial charge in [-0.1, -0.05) is 0 Å². The van der Waals surface area contributed by atoms with E-state index in [-0.39, 0.29) is 6.04 Å². The maximum Gasteiger partial charge on any atom is 0.0947 e. The van der Waals surface area contributed by atoms with Crippen molar-refractivity contribution in [3.63, 3.8) is 0 Å². The van der Waals surface area contributed by atoms with Crippen LogP contribution >= 0.6 is 22.7 Å². The molecule has 0 aliphatic rings. The molecule has 0 amide bonds. The number of nitrogens with zero attached hydrogens (tertiary/aromatic N) is 2. The van der Waals surface area contributed by atoms with E-state index in [9.17, 15) is 0 Å². The van der Waals surface area contributed by atoms with Crippen molar-refractivity contribution in [2.75, 3.05) is 7.05 Å². The van der Waals surface area contributed by atoms with Gasteiger partial charge < -0.3 is 5.32 Å². The molecule has 2 aromatic rings. The van der Waals surface area contributed by atoms with Crippen LogP contribution in [0, 0.1) is 6.92 Å². The van der Waals surface area contributed by atoms with Gasteiger partial charge in [-0.05, 0) is 14.0 Å². The third-order valence-corrected chi connectivity index (χ3v) is 3.80. The van der Waals surface area contributed by atoms with Crippen molar-refractivity contribution in [1.29, 1.82) is 0 Å². The lowest BCUT2D eigenvalue weighted by Gasteiger charge is -2.11. The van der Waals surface area contributed by atoms with Gasteiger partial charge in [0.2, 0.25) is 0 Å². The molecule has 0 spiro atoms. The van der Waals surface area contributed by atoms with Gasteiger partial charge in [0.15, 0.2) is 0 Å². The molecule has 2 aromatic heterocycles. The minimum Gasteiger partial charge on any atom is -0.311 e. The van der Waals surface area contributed by atoms with E-state index in [1.54, 1.807) is 22.7 Å². The lowest BCUT2D eigenvalue weighted by molar-refractivity contribution is 0.577. The average Bonchev–Trinajstić information content (AvgIpc) is 2.85. The van der Waals surface area contributed by atoms with Gasteiger partial charge in [-0.3, -0.25) is 0 Å². The molecule has 1 N–H and O–H groups in total. The van der Waals surface area contributed by atoms with Crippen molar-refractivity contribution in [3.05, 3.63) is 32.7 Å². The summed E-state index contributed by atoms with van der Waals surface area (Å²) in [5.41, 5.74) is 4.07. The van der Waals surface area contributed by atoms with Gasteiger partial charge in [0.25, 0.3) is 0 Å². The molecule has 5 heteroatoms. The summed E-state index contributed by atoms with van der Waals surface area (Å²) in [5, 5.41) is 8.61. The highest BCUT2D eigenvalue weighted by Gasteiger charge is 2.13. The van der Waals surface area contributed by atoms with Crippen LogP contribution in [0.2, 0.25) is 0 Å². The zero-order valence-corrected chi connectivity index (χ0v) is 10.4. The van der Waals surface area contributed by atoms with Crippen LogP contribution in [0.4, 0.5) is 0 Å². The first-order valence-corrected chi connectivity index (χ1v) is 6.58. The predicted molar refractivity (Wildman–Crippen MR) is 64.5 cm³/mol. The van der Waals surface area contributed by atoms with Gasteiger partial charge in [0.05, 0.1) is 22.3 Å². The number of likely N-dealkylation sites (N-methyl/N-ethyl adjacent to an activating group) is 1. The molecular formula is C10H13N3S2. The molecule has 3 nitrogen and oxygen atoms in total. The number of aryl methyl sites for hydroxylation is 1. The molecule has 2 rings (SSSR count). The Morgan fingerprint density at radius 2 is 2.33 bits per heavy atom. The van der Waals surface area contributed by atoms with Gasteiger partial charge in [0, 0.05) is 22.9 Å². The van der Waals surface area contributed by atoms with Crippen LogP contribution in [0.3, 0.4) is 0 Å². The summed E-state index contributed by atoms with van der Waals surface area (Å²) in [4.78, 5) is 8.79. The number of nitrogens with one attached hydrogen (secondary N) is 1. The van der Waals surface area contributed by atoms with E-state index in [0.29, 0.717) is 0 Å². The maximum atomic E-state index is 4.46. The third-order valence-electron chi connectivity index (χ3n) is 2.20. The van der Waals surface area contributed by atoms with Crippen molar-refractivity contribution in [2.24, 2.45) is 0 Å². The van der Waals surface area contributed by atoms with Crippen molar-refractivity contribution in [1.82, 2.24) is 15.3 Å². The molecular weight excluding hydrogens is 226 g/mol. The Balaban J connectivity index is 2.09. The monoisotopic (exact) mass is 239 g/mol. The van der Waals surface area contributed by atoms with Crippen molar-refractivity contribution in [3.8, 4) is 0 Å². The molecule has 1 unspecified atom stereocenters. The molecule has 0 fully saturated rings. The topological polar surface area (TPSA) is 37.8 Å². The van der Waals surface area contributed by atoms with E-state index in [4.69, 9.17) is 0 Å². The lowest BCUT2D eigenvalue weighted by Crippen LogP contribution is -2.19. The lowest BCUT2D eigenvalue weighted by atomic mass is 10.1. The SMILES string of the molecule is CNC(Cc1nc(C)cs1)c1cscn1. The highest BCUT2D eigenvalue weighted by atomic mass is 32.1. The first-order chi connectivity index (χ1) is 7.29. The van der Waals surface area contributed by atoms with E-state index in [1.807, 2.05) is 19.5 Å². The molecule has 0 bridgehead atoms. The van der Waals surface area contributed by atoms with E-state index in [0.717, 1.165) is 17.8 Å². The summed E-state index contributed by atoms with van der Waals surface area (Å²) < 4.78 is 0. The molecule has 0 aliphatic carbocycles. The Morgan fingerprint density at radius 3 is 2.87 bits per heavy atom. The molecule has 0 saturated carbocycles. The zero-order valence-electron chi connectivity index (χ0n) is 8.73. The first-order valence-electron chi connectivity index (χ1n) is 4.76. The Kier molecular flexibility index (Phi) is 3.45. The smallest absolute Gasteiger partial charge is 0.0947 e. The minimum atomic E-state index is 0.279. The van der Waals surface area contributed by atoms with Gasteiger partial charge in [0.1, 0.15) is 0 Å². The third kappa shape index (κ3) is 2.62. The second kappa shape index (κ2) is 4.83. The number of rotatable bonds is 4. The van der Waals surface area contributed by atoms with Crippen LogP contribution < -0.4 is 5.32 Å². The molecule has 15 heavy (non-hydrogen) atoms. The summed E-state index contributed by atoms with van der Waals surface area (Å²) in [5.74, 6) is 0. The summed E-state index contributed by atoms with van der Waals surface area (Å²) in [7, 11) is 1.96. The molecule has 2 heterocycles. The van der Waals surface area contributed by atoms with Gasteiger partial charge in [-0.2, -0.15) is 0 Å². The Bertz CT molecular complexity index is 408. The quantitative estimate of drug-likeness (QED) is 0.890. The predicted octanol–water partition coefficient (Wildman–Crippen LogP) is 2.41. The number of thiazole rings is 2. The van der Waals surface area contributed by atoms with Crippen molar-refractivity contribution >= 4 is 22.7 Å². The number of aromatic nitrogens is 2. The summed E-state index contributed by atoms with van der Waals surface area (Å²) >= 11 is 3.35. The Hall–Kier alpha value is -0.780. The van der Waals surface area contributed by atoms with Crippen molar-refractivity contribution in [2.45, 2.75) is 19.4 Å². The van der Waals surface area contributed by atoms with Crippen LogP contribution in [0.15, 0.2) is 16.3 Å². The fraction of sp³-hybridized carbons (Fsp3) is 0.400. The van der Waals surface area contributed by atoms with Crippen LogP contribution in [0.5, 0.6) is 0 Å². The van der Waals surface area contributed by atoms with Crippen LogP contribution in [-0.4, -0.2) is 17.0 Å². The summed E-state index contributed by atoms with van der Waals surface area (Å²) in [6, 6.07) is 0.279.